The van der Waals surface area contributed by atoms with E-state index in [4.69, 9.17) is 4.52 Å². The lowest BCUT2D eigenvalue weighted by Crippen LogP contribution is -2.19. The third-order valence-corrected chi connectivity index (χ3v) is 2.85. The van der Waals surface area contributed by atoms with Crippen LogP contribution in [0.3, 0.4) is 0 Å². The van der Waals surface area contributed by atoms with Crippen molar-refractivity contribution in [3.8, 4) is 17.0 Å². The van der Waals surface area contributed by atoms with E-state index in [-0.39, 0.29) is 22.4 Å². The van der Waals surface area contributed by atoms with Gasteiger partial charge in [0.1, 0.15) is 0 Å². The van der Waals surface area contributed by atoms with Gasteiger partial charge in [0.15, 0.2) is 12.2 Å². The number of H-pyrrole nitrogens is 1. The molecule has 0 fully saturated rings. The van der Waals surface area contributed by atoms with Gasteiger partial charge in [-0.25, -0.2) is 4.98 Å². The molecule has 0 aliphatic heterocycles. The molecule has 0 aliphatic carbocycles. The lowest BCUT2D eigenvalue weighted by Gasteiger charge is -2.06. The van der Waals surface area contributed by atoms with Crippen LogP contribution in [0.15, 0.2) is 40.0 Å². The first-order valence-electron chi connectivity index (χ1n) is 6.07. The van der Waals surface area contributed by atoms with E-state index in [0.717, 1.165) is 0 Å². The molecular weight excluding hydrogens is 303 g/mol. The minimum Gasteiger partial charge on any atom is -0.465 e. The molecule has 6 nitrogen and oxygen atoms in total. The van der Waals surface area contributed by atoms with Crippen LogP contribution in [0.2, 0.25) is 0 Å². The second-order valence-electron chi connectivity index (χ2n) is 4.37. The van der Waals surface area contributed by atoms with Crippen LogP contribution in [0.25, 0.3) is 22.1 Å². The molecule has 0 bridgehead atoms. The first-order valence-corrected chi connectivity index (χ1v) is 6.07. The first kappa shape index (κ1) is 14.1. The van der Waals surface area contributed by atoms with Crippen molar-refractivity contribution in [1.82, 2.24) is 15.1 Å². The zero-order chi connectivity index (χ0) is 15.7. The van der Waals surface area contributed by atoms with Crippen molar-refractivity contribution >= 4 is 11.0 Å². The molecule has 3 rings (SSSR count). The van der Waals surface area contributed by atoms with Gasteiger partial charge in [-0.1, -0.05) is 12.1 Å². The molecule has 2 aromatic heterocycles. The Hall–Kier alpha value is -2.84. The fourth-order valence-corrected chi connectivity index (χ4v) is 1.94. The number of hydrogen-bond donors (Lipinski definition) is 1. The maximum Gasteiger partial charge on any atom is 0.422 e. The Labute approximate surface area is 120 Å². The lowest BCUT2D eigenvalue weighted by molar-refractivity contribution is -0.154. The maximum atomic E-state index is 12.2. The summed E-state index contributed by atoms with van der Waals surface area (Å²) in [6.45, 7) is -1.48. The van der Waals surface area contributed by atoms with Crippen LogP contribution in [0.1, 0.15) is 0 Å². The molecule has 1 aromatic carbocycles. The molecule has 0 amide bonds. The number of para-hydroxylation sites is 1. The zero-order valence-electron chi connectivity index (χ0n) is 10.8. The van der Waals surface area contributed by atoms with Gasteiger partial charge in [-0.05, 0) is 11.2 Å². The topological polar surface area (TPSA) is 81.0 Å². The molecule has 22 heavy (non-hydrogen) atoms. The molecule has 0 spiro atoms. The van der Waals surface area contributed by atoms with Gasteiger partial charge < -0.3 is 14.2 Å². The van der Waals surface area contributed by atoms with Gasteiger partial charge in [0, 0.05) is 11.8 Å². The molecule has 0 atom stereocenters. The summed E-state index contributed by atoms with van der Waals surface area (Å²) in [7, 11) is 0. The average molecular weight is 311 g/mol. The Balaban J connectivity index is 2.06. The standard InChI is InChI=1S/C13H8F3N3O3/c14-13(15,16)5-21-12-8-3-1-2-7(10(8)22-19-12)9-4-17-6-18-11(9)20/h1-4,6H,5H2,(H,17,18,20). The van der Waals surface area contributed by atoms with Gasteiger partial charge in [0.25, 0.3) is 11.4 Å². The normalized spacial score (nSPS) is 11.8. The minimum atomic E-state index is -4.48. The molecule has 0 saturated heterocycles. The number of nitrogens with zero attached hydrogens (tertiary/aromatic N) is 2. The monoisotopic (exact) mass is 311 g/mol. The van der Waals surface area contributed by atoms with Gasteiger partial charge in [-0.2, -0.15) is 13.2 Å². The number of nitrogens with one attached hydrogen (secondary N) is 1. The minimum absolute atomic E-state index is 0.151. The summed E-state index contributed by atoms with van der Waals surface area (Å²) in [6, 6.07) is 4.63. The molecular formula is C13H8F3N3O3. The highest BCUT2D eigenvalue weighted by Gasteiger charge is 2.29. The highest BCUT2D eigenvalue weighted by atomic mass is 19.4. The van der Waals surface area contributed by atoms with E-state index in [2.05, 4.69) is 19.9 Å². The van der Waals surface area contributed by atoms with E-state index < -0.39 is 18.3 Å². The summed E-state index contributed by atoms with van der Waals surface area (Å²) in [6.07, 6.45) is -1.93. The van der Waals surface area contributed by atoms with Crippen LogP contribution in [-0.2, 0) is 0 Å². The molecule has 1 N–H and O–H groups in total. The zero-order valence-corrected chi connectivity index (χ0v) is 10.8. The summed E-state index contributed by atoms with van der Waals surface area (Å²) in [5.74, 6) is -0.283. The van der Waals surface area contributed by atoms with Gasteiger partial charge in [-0.15, -0.1) is 0 Å². The fraction of sp³-hybridized carbons (Fsp3) is 0.154. The van der Waals surface area contributed by atoms with E-state index in [1.165, 1.54) is 18.6 Å². The third kappa shape index (κ3) is 2.65. The van der Waals surface area contributed by atoms with Crippen molar-refractivity contribution in [3.63, 3.8) is 0 Å². The molecule has 0 radical (unpaired) electrons. The number of fused-ring (bicyclic) bond motifs is 1. The summed E-state index contributed by atoms with van der Waals surface area (Å²) in [5.41, 5.74) is 0.322. The lowest BCUT2D eigenvalue weighted by atomic mass is 10.1. The van der Waals surface area contributed by atoms with Crippen LogP contribution in [0.4, 0.5) is 13.2 Å². The van der Waals surface area contributed by atoms with Crippen LogP contribution in [0, 0.1) is 0 Å². The number of alkyl halides is 3. The Morgan fingerprint density at radius 3 is 2.82 bits per heavy atom. The number of ether oxygens (including phenoxy) is 1. The molecule has 0 saturated carbocycles. The van der Waals surface area contributed by atoms with Crippen LogP contribution in [-0.4, -0.2) is 27.9 Å². The Morgan fingerprint density at radius 2 is 2.09 bits per heavy atom. The Bertz CT molecular complexity index is 870. The predicted octanol–water partition coefficient (Wildman–Crippen LogP) is 2.52. The van der Waals surface area contributed by atoms with Gasteiger partial charge >= 0.3 is 6.18 Å². The van der Waals surface area contributed by atoms with Crippen molar-refractivity contribution in [2.75, 3.05) is 6.61 Å². The molecule has 0 unspecified atom stereocenters. The molecule has 2 heterocycles. The van der Waals surface area contributed by atoms with E-state index in [1.807, 2.05) is 0 Å². The third-order valence-electron chi connectivity index (χ3n) is 2.85. The maximum absolute atomic E-state index is 12.2. The summed E-state index contributed by atoms with van der Waals surface area (Å²) in [5, 5.41) is 3.73. The molecule has 114 valence electrons. The van der Waals surface area contributed by atoms with E-state index in [1.54, 1.807) is 12.1 Å². The number of hydrogen-bond acceptors (Lipinski definition) is 5. The Kier molecular flexibility index (Phi) is 3.32. The van der Waals surface area contributed by atoms with Crippen LogP contribution >= 0.6 is 0 Å². The van der Waals surface area contributed by atoms with Gasteiger partial charge in [0.05, 0.1) is 17.3 Å². The summed E-state index contributed by atoms with van der Waals surface area (Å²) < 4.78 is 46.3. The number of rotatable bonds is 3. The smallest absolute Gasteiger partial charge is 0.422 e. The highest BCUT2D eigenvalue weighted by molar-refractivity contribution is 5.94. The molecule has 9 heteroatoms. The average Bonchev–Trinajstić information content (AvgIpc) is 2.88. The second-order valence-corrected chi connectivity index (χ2v) is 4.37. The number of aromatic amines is 1. The van der Waals surface area contributed by atoms with Crippen LogP contribution in [0.5, 0.6) is 5.88 Å². The Morgan fingerprint density at radius 1 is 1.27 bits per heavy atom. The van der Waals surface area contributed by atoms with Crippen molar-refractivity contribution in [2.45, 2.75) is 6.18 Å². The van der Waals surface area contributed by atoms with Crippen molar-refractivity contribution < 1.29 is 22.4 Å². The van der Waals surface area contributed by atoms with E-state index >= 15 is 0 Å². The quantitative estimate of drug-likeness (QED) is 0.804. The predicted molar refractivity (Wildman–Crippen MR) is 69.4 cm³/mol. The summed E-state index contributed by atoms with van der Waals surface area (Å²) in [4.78, 5) is 18.0. The van der Waals surface area contributed by atoms with Gasteiger partial charge in [-0.3, -0.25) is 4.79 Å². The number of halogens is 3. The van der Waals surface area contributed by atoms with Crippen molar-refractivity contribution in [1.29, 1.82) is 0 Å². The second kappa shape index (κ2) is 5.17. The van der Waals surface area contributed by atoms with Crippen LogP contribution < -0.4 is 10.3 Å². The van der Waals surface area contributed by atoms with E-state index in [9.17, 15) is 18.0 Å². The van der Waals surface area contributed by atoms with Crippen molar-refractivity contribution in [2.24, 2.45) is 0 Å². The van der Waals surface area contributed by atoms with Crippen molar-refractivity contribution in [3.05, 3.63) is 41.1 Å². The first-order chi connectivity index (χ1) is 10.5. The largest absolute Gasteiger partial charge is 0.465 e. The van der Waals surface area contributed by atoms with Gasteiger partial charge in [0.2, 0.25) is 0 Å². The van der Waals surface area contributed by atoms with E-state index in [0.29, 0.717) is 5.56 Å². The molecule has 3 aromatic rings. The highest BCUT2D eigenvalue weighted by Crippen LogP contribution is 2.32. The summed E-state index contributed by atoms with van der Waals surface area (Å²) >= 11 is 0. The number of aromatic nitrogens is 3. The SMILES string of the molecule is O=c1[nH]cncc1-c1cccc2c(OCC(F)(F)F)noc12. The molecule has 0 aliphatic rings. The number of benzene rings is 1. The fourth-order valence-electron chi connectivity index (χ4n) is 1.94.